The Morgan fingerprint density at radius 2 is 1.84 bits per heavy atom. The number of nitrogens with zero attached hydrogens (tertiary/aromatic N) is 1. The van der Waals surface area contributed by atoms with Crippen molar-refractivity contribution in [2.45, 2.75) is 50.7 Å². The van der Waals surface area contributed by atoms with Gasteiger partial charge in [0.05, 0.1) is 11.7 Å². The Balaban J connectivity index is 1.52. The second-order valence-corrected chi connectivity index (χ2v) is 8.49. The Kier molecular flexibility index (Phi) is 6.55. The molecule has 0 saturated carbocycles. The van der Waals surface area contributed by atoms with Gasteiger partial charge in [-0.15, -0.1) is 0 Å². The molecule has 0 aliphatic carbocycles. The van der Waals surface area contributed by atoms with E-state index in [9.17, 15) is 14.4 Å². The lowest BCUT2D eigenvalue weighted by atomic mass is 10.0. The van der Waals surface area contributed by atoms with Gasteiger partial charge in [0, 0.05) is 13.0 Å². The molecule has 0 saturated heterocycles. The summed E-state index contributed by atoms with van der Waals surface area (Å²) in [5.41, 5.74) is 4.06. The molecule has 0 aromatic heterocycles. The van der Waals surface area contributed by atoms with E-state index in [2.05, 4.69) is 16.0 Å². The van der Waals surface area contributed by atoms with Gasteiger partial charge in [-0.2, -0.15) is 0 Å². The summed E-state index contributed by atoms with van der Waals surface area (Å²) >= 11 is 0. The van der Waals surface area contributed by atoms with Gasteiger partial charge in [-0.25, -0.2) is 0 Å². The van der Waals surface area contributed by atoms with Crippen molar-refractivity contribution in [3.05, 3.63) is 65.2 Å². The number of aryl methyl sites for hydroxylation is 1. The summed E-state index contributed by atoms with van der Waals surface area (Å²) in [5.74, 6) is -0.597. The Labute approximate surface area is 188 Å². The van der Waals surface area contributed by atoms with Crippen molar-refractivity contribution < 1.29 is 14.4 Å². The molecule has 0 radical (unpaired) electrons. The van der Waals surface area contributed by atoms with Crippen LogP contribution in [0.5, 0.6) is 0 Å². The minimum absolute atomic E-state index is 0.160. The topological polar surface area (TPSA) is 90.5 Å². The van der Waals surface area contributed by atoms with E-state index in [0.717, 1.165) is 28.8 Å². The zero-order valence-corrected chi connectivity index (χ0v) is 18.6. The molecule has 0 unspecified atom stereocenters. The van der Waals surface area contributed by atoms with Gasteiger partial charge < -0.3 is 16.0 Å². The summed E-state index contributed by atoms with van der Waals surface area (Å²) in [4.78, 5) is 40.8. The van der Waals surface area contributed by atoms with Gasteiger partial charge >= 0.3 is 0 Å². The van der Waals surface area contributed by atoms with Crippen LogP contribution >= 0.6 is 0 Å². The predicted octanol–water partition coefficient (Wildman–Crippen LogP) is 1.34. The average molecular weight is 435 g/mol. The Morgan fingerprint density at radius 1 is 1.09 bits per heavy atom. The lowest BCUT2D eigenvalue weighted by molar-refractivity contribution is -0.130. The van der Waals surface area contributed by atoms with Crippen molar-refractivity contribution in [1.82, 2.24) is 16.0 Å². The molecule has 2 aliphatic heterocycles. The fraction of sp³-hybridized carbons (Fsp3) is 0.400. The number of anilines is 1. The van der Waals surface area contributed by atoms with Crippen LogP contribution in [0.1, 0.15) is 30.0 Å². The highest BCUT2D eigenvalue weighted by molar-refractivity contribution is 6.08. The van der Waals surface area contributed by atoms with Crippen LogP contribution in [0.4, 0.5) is 5.69 Å². The summed E-state index contributed by atoms with van der Waals surface area (Å²) in [6.07, 6.45) is 2.40. The molecule has 3 amide bonds. The second-order valence-electron chi connectivity index (χ2n) is 8.49. The normalized spacial score (nSPS) is 20.3. The molecule has 4 rings (SSSR count). The quantitative estimate of drug-likeness (QED) is 0.614. The van der Waals surface area contributed by atoms with Gasteiger partial charge in [-0.1, -0.05) is 48.5 Å². The van der Waals surface area contributed by atoms with Crippen LogP contribution in [0.25, 0.3) is 0 Å². The minimum atomic E-state index is -0.656. The summed E-state index contributed by atoms with van der Waals surface area (Å²) in [5, 5.41) is 8.79. The van der Waals surface area contributed by atoms with Crippen molar-refractivity contribution >= 4 is 23.4 Å². The third-order valence-corrected chi connectivity index (χ3v) is 6.41. The molecule has 0 bridgehead atoms. The standard InChI is InChI=1S/C25H30N4O3/c1-16(26-2)23(30)28-20-12-11-18-9-6-10-19-15-21(29(22(18)19)25(20)32)24(31)27-14-13-17-7-4-3-5-8-17/h3-10,16,20-21,26H,11-15H2,1-2H3,(H,27,31)(H,28,30)/t16-,20-,21-/m0/s1. The van der Waals surface area contributed by atoms with Gasteiger partial charge in [0.2, 0.25) is 17.7 Å². The number of carbonyl (C=O) groups is 3. The van der Waals surface area contributed by atoms with Crippen molar-refractivity contribution in [2.75, 3.05) is 18.5 Å². The van der Waals surface area contributed by atoms with Crippen LogP contribution in [0.2, 0.25) is 0 Å². The second kappa shape index (κ2) is 9.53. The number of carbonyl (C=O) groups excluding carboxylic acids is 3. The van der Waals surface area contributed by atoms with E-state index in [0.29, 0.717) is 25.8 Å². The Bertz CT molecular complexity index is 1010. The highest BCUT2D eigenvalue weighted by Crippen LogP contribution is 2.39. The van der Waals surface area contributed by atoms with E-state index in [1.807, 2.05) is 48.5 Å². The minimum Gasteiger partial charge on any atom is -0.354 e. The fourth-order valence-electron chi connectivity index (χ4n) is 4.50. The van der Waals surface area contributed by atoms with Gasteiger partial charge in [-0.3, -0.25) is 19.3 Å². The van der Waals surface area contributed by atoms with Gasteiger partial charge in [-0.05, 0) is 49.9 Å². The molecule has 0 fully saturated rings. The number of nitrogens with one attached hydrogen (secondary N) is 3. The zero-order chi connectivity index (χ0) is 22.7. The van der Waals surface area contributed by atoms with Crippen LogP contribution in [0, 0.1) is 0 Å². The first-order valence-corrected chi connectivity index (χ1v) is 11.2. The van der Waals surface area contributed by atoms with E-state index < -0.39 is 18.1 Å². The summed E-state index contributed by atoms with van der Waals surface area (Å²) in [7, 11) is 1.71. The Hall–Kier alpha value is -3.19. The molecule has 7 heteroatoms. The monoisotopic (exact) mass is 434 g/mol. The van der Waals surface area contributed by atoms with Crippen LogP contribution in [0.3, 0.4) is 0 Å². The number of hydrogen-bond donors (Lipinski definition) is 3. The van der Waals surface area contributed by atoms with E-state index in [1.165, 1.54) is 0 Å². The molecule has 168 valence electrons. The molecule has 32 heavy (non-hydrogen) atoms. The average Bonchev–Trinajstić information content (AvgIpc) is 3.15. The first-order chi connectivity index (χ1) is 15.5. The highest BCUT2D eigenvalue weighted by atomic mass is 16.2. The van der Waals surface area contributed by atoms with E-state index in [-0.39, 0.29) is 17.7 Å². The first-order valence-electron chi connectivity index (χ1n) is 11.2. The maximum atomic E-state index is 13.5. The smallest absolute Gasteiger partial charge is 0.250 e. The highest BCUT2D eigenvalue weighted by Gasteiger charge is 2.43. The number of amides is 3. The zero-order valence-electron chi connectivity index (χ0n) is 18.6. The summed E-state index contributed by atoms with van der Waals surface area (Å²) in [6, 6.07) is 14.3. The number of benzene rings is 2. The van der Waals surface area contributed by atoms with E-state index in [4.69, 9.17) is 0 Å². The maximum Gasteiger partial charge on any atom is 0.250 e. The number of hydrogen-bond acceptors (Lipinski definition) is 4. The van der Waals surface area contributed by atoms with E-state index >= 15 is 0 Å². The molecule has 2 aliphatic rings. The Morgan fingerprint density at radius 3 is 2.59 bits per heavy atom. The fourth-order valence-corrected chi connectivity index (χ4v) is 4.50. The molecule has 0 spiro atoms. The van der Waals surface area contributed by atoms with Crippen molar-refractivity contribution in [3.63, 3.8) is 0 Å². The molecule has 2 aromatic rings. The molecule has 2 aromatic carbocycles. The number of likely N-dealkylation sites (N-methyl/N-ethyl adjacent to an activating group) is 1. The SMILES string of the molecule is CN[C@@H](C)C(=O)N[C@H]1CCc2cccc3c2N(C1=O)[C@H](C(=O)NCCc1ccccc1)C3. The van der Waals surface area contributed by atoms with Crippen LogP contribution in [-0.2, 0) is 33.6 Å². The molecule has 7 nitrogen and oxygen atoms in total. The molecular weight excluding hydrogens is 404 g/mol. The van der Waals surface area contributed by atoms with Crippen LogP contribution in [-0.4, -0.2) is 49.4 Å². The molecule has 3 N–H and O–H groups in total. The third-order valence-electron chi connectivity index (χ3n) is 6.41. The lowest BCUT2D eigenvalue weighted by Crippen LogP contribution is -2.56. The molecule has 2 heterocycles. The van der Waals surface area contributed by atoms with Gasteiger partial charge in [0.15, 0.2) is 0 Å². The maximum absolute atomic E-state index is 13.5. The van der Waals surface area contributed by atoms with E-state index in [1.54, 1.807) is 18.9 Å². The summed E-state index contributed by atoms with van der Waals surface area (Å²) < 4.78 is 0. The number of para-hydroxylation sites is 1. The lowest BCUT2D eigenvalue weighted by Gasteiger charge is -2.28. The van der Waals surface area contributed by atoms with Crippen molar-refractivity contribution in [1.29, 1.82) is 0 Å². The molecule has 3 atom stereocenters. The first kappa shape index (κ1) is 22.0. The third kappa shape index (κ3) is 4.39. The van der Waals surface area contributed by atoms with Crippen molar-refractivity contribution in [2.24, 2.45) is 0 Å². The summed E-state index contributed by atoms with van der Waals surface area (Å²) in [6.45, 7) is 2.26. The predicted molar refractivity (Wildman–Crippen MR) is 123 cm³/mol. The van der Waals surface area contributed by atoms with Gasteiger partial charge in [0.25, 0.3) is 0 Å². The largest absolute Gasteiger partial charge is 0.354 e. The van der Waals surface area contributed by atoms with Crippen LogP contribution in [0.15, 0.2) is 48.5 Å². The van der Waals surface area contributed by atoms with Crippen molar-refractivity contribution in [3.8, 4) is 0 Å². The van der Waals surface area contributed by atoms with Crippen LogP contribution < -0.4 is 20.9 Å². The van der Waals surface area contributed by atoms with Gasteiger partial charge in [0.1, 0.15) is 12.1 Å². The molecular formula is C25H30N4O3. The number of rotatable bonds is 7.